The highest BCUT2D eigenvalue weighted by molar-refractivity contribution is 5.87. The van der Waals surface area contributed by atoms with E-state index >= 15 is 0 Å². The average Bonchev–Trinajstić information content (AvgIpc) is 3.31. The Morgan fingerprint density at radius 1 is 1.21 bits per heavy atom. The van der Waals surface area contributed by atoms with Crippen LogP contribution >= 0.6 is 0 Å². The van der Waals surface area contributed by atoms with Crippen molar-refractivity contribution in [2.45, 2.75) is 57.3 Å². The SMILES string of the molecule is COC(=O)[C@H](CNC(=O)CC1CC(CCC2CCNCC2)=NO1)NC(=O)OCc1ccccc1. The van der Waals surface area contributed by atoms with Gasteiger partial charge in [-0.1, -0.05) is 35.5 Å². The summed E-state index contributed by atoms with van der Waals surface area (Å²) in [6.45, 7) is 2.08. The molecule has 2 aliphatic rings. The Morgan fingerprint density at radius 3 is 2.71 bits per heavy atom. The minimum Gasteiger partial charge on any atom is -0.467 e. The summed E-state index contributed by atoms with van der Waals surface area (Å²) in [5.41, 5.74) is 1.81. The molecule has 0 spiro atoms. The van der Waals surface area contributed by atoms with Gasteiger partial charge in [0.05, 0.1) is 19.2 Å². The number of hydrogen-bond acceptors (Lipinski definition) is 8. The maximum atomic E-state index is 12.4. The van der Waals surface area contributed by atoms with Gasteiger partial charge in [0, 0.05) is 13.0 Å². The highest BCUT2D eigenvalue weighted by Crippen LogP contribution is 2.22. The zero-order chi connectivity index (χ0) is 24.2. The first-order valence-corrected chi connectivity index (χ1v) is 11.8. The van der Waals surface area contributed by atoms with Crippen molar-refractivity contribution < 1.29 is 28.7 Å². The van der Waals surface area contributed by atoms with E-state index in [9.17, 15) is 14.4 Å². The third kappa shape index (κ3) is 8.66. The number of alkyl carbamates (subject to hydrolysis) is 1. The summed E-state index contributed by atoms with van der Waals surface area (Å²) in [4.78, 5) is 41.9. The summed E-state index contributed by atoms with van der Waals surface area (Å²) >= 11 is 0. The fourth-order valence-electron chi connectivity index (χ4n) is 4.02. The van der Waals surface area contributed by atoms with Crippen LogP contribution in [0, 0.1) is 5.92 Å². The first-order valence-electron chi connectivity index (χ1n) is 11.8. The largest absolute Gasteiger partial charge is 0.467 e. The molecule has 2 heterocycles. The smallest absolute Gasteiger partial charge is 0.408 e. The van der Waals surface area contributed by atoms with Crippen LogP contribution < -0.4 is 16.0 Å². The zero-order valence-corrected chi connectivity index (χ0v) is 19.6. The van der Waals surface area contributed by atoms with E-state index in [0.717, 1.165) is 37.2 Å². The van der Waals surface area contributed by atoms with Gasteiger partial charge in [-0.2, -0.15) is 0 Å². The summed E-state index contributed by atoms with van der Waals surface area (Å²) in [7, 11) is 1.21. The van der Waals surface area contributed by atoms with Crippen molar-refractivity contribution in [2.75, 3.05) is 26.7 Å². The predicted octanol–water partition coefficient (Wildman–Crippen LogP) is 1.89. The summed E-state index contributed by atoms with van der Waals surface area (Å²) < 4.78 is 9.86. The van der Waals surface area contributed by atoms with E-state index in [1.165, 1.54) is 20.0 Å². The molecule has 0 aliphatic carbocycles. The van der Waals surface area contributed by atoms with Crippen molar-refractivity contribution in [3.8, 4) is 0 Å². The third-order valence-corrected chi connectivity index (χ3v) is 6.00. The van der Waals surface area contributed by atoms with Gasteiger partial charge in [-0.05, 0) is 50.3 Å². The first kappa shape index (κ1) is 25.5. The molecule has 0 radical (unpaired) electrons. The van der Waals surface area contributed by atoms with E-state index in [1.54, 1.807) is 0 Å². The molecule has 34 heavy (non-hydrogen) atoms. The molecule has 1 fully saturated rings. The molecule has 1 aromatic rings. The van der Waals surface area contributed by atoms with Crippen LogP contribution in [-0.4, -0.2) is 62.6 Å². The molecule has 0 aromatic heterocycles. The van der Waals surface area contributed by atoms with Crippen LogP contribution in [-0.2, 0) is 30.5 Å². The van der Waals surface area contributed by atoms with Crippen molar-refractivity contribution in [1.82, 2.24) is 16.0 Å². The topological polar surface area (TPSA) is 127 Å². The number of hydrogen-bond donors (Lipinski definition) is 3. The fraction of sp³-hybridized carbons (Fsp3) is 0.583. The van der Waals surface area contributed by atoms with Gasteiger partial charge in [0.2, 0.25) is 5.91 Å². The molecule has 2 amide bonds. The van der Waals surface area contributed by atoms with Gasteiger partial charge in [-0.15, -0.1) is 0 Å². The summed E-state index contributed by atoms with van der Waals surface area (Å²) in [5, 5.41) is 12.6. The Bertz CT molecular complexity index is 841. The number of esters is 1. The number of rotatable bonds is 11. The van der Waals surface area contributed by atoms with E-state index in [-0.39, 0.29) is 31.6 Å². The van der Waals surface area contributed by atoms with Crippen LogP contribution in [0.5, 0.6) is 0 Å². The van der Waals surface area contributed by atoms with E-state index in [0.29, 0.717) is 12.3 Å². The Balaban J connectivity index is 1.35. The molecule has 186 valence electrons. The van der Waals surface area contributed by atoms with E-state index in [2.05, 4.69) is 21.1 Å². The second-order valence-corrected chi connectivity index (χ2v) is 8.61. The Kier molecular flexibility index (Phi) is 10.1. The van der Waals surface area contributed by atoms with Crippen LogP contribution in [0.3, 0.4) is 0 Å². The number of piperidine rings is 1. The highest BCUT2D eigenvalue weighted by atomic mass is 16.6. The van der Waals surface area contributed by atoms with Gasteiger partial charge >= 0.3 is 12.1 Å². The Labute approximate surface area is 199 Å². The molecule has 0 bridgehead atoms. The molecule has 3 N–H and O–H groups in total. The van der Waals surface area contributed by atoms with E-state index in [4.69, 9.17) is 14.3 Å². The van der Waals surface area contributed by atoms with Crippen LogP contribution in [0.1, 0.15) is 44.1 Å². The van der Waals surface area contributed by atoms with Gasteiger partial charge in [-0.3, -0.25) is 4.79 Å². The van der Waals surface area contributed by atoms with Crippen molar-refractivity contribution in [3.05, 3.63) is 35.9 Å². The van der Waals surface area contributed by atoms with E-state index in [1.807, 2.05) is 30.3 Å². The monoisotopic (exact) mass is 474 g/mol. The number of amides is 2. The van der Waals surface area contributed by atoms with Crippen molar-refractivity contribution in [3.63, 3.8) is 0 Å². The van der Waals surface area contributed by atoms with Gasteiger partial charge in [0.1, 0.15) is 18.8 Å². The molecule has 1 aromatic carbocycles. The number of nitrogens with zero attached hydrogens (tertiary/aromatic N) is 1. The lowest BCUT2D eigenvalue weighted by atomic mass is 9.91. The number of nitrogens with one attached hydrogen (secondary N) is 3. The summed E-state index contributed by atoms with van der Waals surface area (Å²) in [5.74, 6) is -0.265. The minimum absolute atomic E-state index is 0.0614. The van der Waals surface area contributed by atoms with Gasteiger partial charge in [-0.25, -0.2) is 9.59 Å². The zero-order valence-electron chi connectivity index (χ0n) is 19.6. The first-order chi connectivity index (χ1) is 16.5. The van der Waals surface area contributed by atoms with Crippen molar-refractivity contribution in [2.24, 2.45) is 11.1 Å². The predicted molar refractivity (Wildman–Crippen MR) is 125 cm³/mol. The molecule has 1 saturated heterocycles. The minimum atomic E-state index is -1.07. The Hall–Kier alpha value is -3.14. The highest BCUT2D eigenvalue weighted by Gasteiger charge is 2.27. The molecule has 10 heteroatoms. The van der Waals surface area contributed by atoms with Gasteiger partial charge in [0.15, 0.2) is 0 Å². The van der Waals surface area contributed by atoms with Gasteiger partial charge < -0.3 is 30.3 Å². The lowest BCUT2D eigenvalue weighted by Gasteiger charge is -2.22. The van der Waals surface area contributed by atoms with Gasteiger partial charge in [0.25, 0.3) is 0 Å². The molecular weight excluding hydrogens is 440 g/mol. The number of carbonyl (C=O) groups excluding carboxylic acids is 3. The maximum Gasteiger partial charge on any atom is 0.408 e. The number of carbonyl (C=O) groups is 3. The lowest BCUT2D eigenvalue weighted by molar-refractivity contribution is -0.143. The quantitative estimate of drug-likeness (QED) is 0.418. The number of methoxy groups -OCH3 is 1. The Morgan fingerprint density at radius 2 is 1.97 bits per heavy atom. The maximum absolute atomic E-state index is 12.4. The number of oxime groups is 1. The van der Waals surface area contributed by atoms with E-state index < -0.39 is 18.1 Å². The molecule has 1 unspecified atom stereocenters. The molecule has 2 atom stereocenters. The fourth-order valence-corrected chi connectivity index (χ4v) is 4.02. The second-order valence-electron chi connectivity index (χ2n) is 8.61. The average molecular weight is 475 g/mol. The normalized spacial score (nSPS) is 18.9. The third-order valence-electron chi connectivity index (χ3n) is 6.00. The summed E-state index contributed by atoms with van der Waals surface area (Å²) in [6, 6.07) is 8.09. The summed E-state index contributed by atoms with van der Waals surface area (Å²) in [6.07, 6.45) is 4.01. The lowest BCUT2D eigenvalue weighted by Crippen LogP contribution is -2.49. The van der Waals surface area contributed by atoms with Crippen molar-refractivity contribution >= 4 is 23.7 Å². The molecule has 0 saturated carbocycles. The molecule has 3 rings (SSSR count). The molecule has 2 aliphatic heterocycles. The molecule has 10 nitrogen and oxygen atoms in total. The van der Waals surface area contributed by atoms with Crippen LogP contribution in [0.4, 0.5) is 4.79 Å². The number of ether oxygens (including phenoxy) is 2. The van der Waals surface area contributed by atoms with Crippen molar-refractivity contribution in [1.29, 1.82) is 0 Å². The van der Waals surface area contributed by atoms with Crippen LogP contribution in [0.15, 0.2) is 35.5 Å². The van der Waals surface area contributed by atoms with Crippen LogP contribution in [0.25, 0.3) is 0 Å². The number of benzene rings is 1. The second kappa shape index (κ2) is 13.5. The van der Waals surface area contributed by atoms with Crippen LogP contribution in [0.2, 0.25) is 0 Å². The molecular formula is C24H34N4O6. The standard InChI is InChI=1S/C24H34N4O6/c1-32-23(30)21(27-24(31)33-16-18-5-3-2-4-6-18)15-26-22(29)14-20-13-19(28-34-20)8-7-17-9-11-25-12-10-17/h2-6,17,20-21,25H,7-16H2,1H3,(H,26,29)(H,27,31)/t20?,21-/m0/s1.